The number of pyridine rings is 1. The number of benzene rings is 1. The van der Waals surface area contributed by atoms with Gasteiger partial charge in [-0.15, -0.1) is 0 Å². The second kappa shape index (κ2) is 6.86. The van der Waals surface area contributed by atoms with Crippen LogP contribution in [0.4, 0.5) is 5.69 Å². The number of hydrogen-bond acceptors (Lipinski definition) is 4. The summed E-state index contributed by atoms with van der Waals surface area (Å²) in [5, 5.41) is 7.03. The van der Waals surface area contributed by atoms with Gasteiger partial charge in [0.25, 0.3) is 0 Å². The van der Waals surface area contributed by atoms with Crippen LogP contribution in [0.2, 0.25) is 0 Å². The number of anilines is 1. The summed E-state index contributed by atoms with van der Waals surface area (Å²) in [6, 6.07) is 9.39. The van der Waals surface area contributed by atoms with Gasteiger partial charge < -0.3 is 15.4 Å². The smallest absolute Gasteiger partial charge is 0.242 e. The van der Waals surface area contributed by atoms with Crippen LogP contribution in [0.1, 0.15) is 6.92 Å². The van der Waals surface area contributed by atoms with Crippen LogP contribution in [0.15, 0.2) is 36.5 Å². The van der Waals surface area contributed by atoms with E-state index in [2.05, 4.69) is 15.6 Å². The lowest BCUT2D eigenvalue weighted by molar-refractivity contribution is -0.121. The molecule has 5 nitrogen and oxygen atoms in total. The first kappa shape index (κ1) is 14.3. The van der Waals surface area contributed by atoms with Gasteiger partial charge in [-0.2, -0.15) is 0 Å². The number of nitrogens with one attached hydrogen (secondary N) is 2. The Morgan fingerprint density at radius 3 is 2.95 bits per heavy atom. The lowest BCUT2D eigenvalue weighted by Crippen LogP contribution is -2.39. The molecule has 0 spiro atoms. The maximum absolute atomic E-state index is 11.9. The van der Waals surface area contributed by atoms with Crippen molar-refractivity contribution in [1.29, 1.82) is 0 Å². The number of nitrogens with zero attached hydrogens (tertiary/aromatic N) is 1. The number of hydrogen-bond donors (Lipinski definition) is 2. The van der Waals surface area contributed by atoms with Gasteiger partial charge in [0, 0.05) is 30.9 Å². The van der Waals surface area contributed by atoms with Gasteiger partial charge in [0.05, 0.1) is 12.1 Å². The number of aromatic nitrogens is 1. The fraction of sp³-hybridized carbons (Fsp3) is 0.333. The Morgan fingerprint density at radius 2 is 2.15 bits per heavy atom. The Hall–Kier alpha value is -2.14. The summed E-state index contributed by atoms with van der Waals surface area (Å²) in [6.45, 7) is 2.85. The molecule has 1 unspecified atom stereocenters. The van der Waals surface area contributed by atoms with Crippen LogP contribution in [0.3, 0.4) is 0 Å². The van der Waals surface area contributed by atoms with E-state index in [0.29, 0.717) is 13.2 Å². The molecule has 0 radical (unpaired) electrons. The summed E-state index contributed by atoms with van der Waals surface area (Å²) in [5.74, 6) is -0.0528. The first-order valence-corrected chi connectivity index (χ1v) is 6.59. The van der Waals surface area contributed by atoms with Crippen molar-refractivity contribution in [2.24, 2.45) is 0 Å². The van der Waals surface area contributed by atoms with Gasteiger partial charge in [-0.1, -0.05) is 18.2 Å². The number of carbonyl (C=O) groups excluding carboxylic acids is 1. The zero-order chi connectivity index (χ0) is 14.4. The predicted octanol–water partition coefficient (Wildman–Crippen LogP) is 1.80. The molecule has 1 aromatic carbocycles. The van der Waals surface area contributed by atoms with E-state index in [9.17, 15) is 4.79 Å². The SMILES string of the molecule is COCCNC(=O)C(C)Nc1ccnc2ccccc12. The van der Waals surface area contributed by atoms with Crippen LogP contribution in [0, 0.1) is 0 Å². The Bertz CT molecular complexity index is 581. The average Bonchev–Trinajstić information content (AvgIpc) is 2.47. The van der Waals surface area contributed by atoms with Crippen molar-refractivity contribution >= 4 is 22.5 Å². The van der Waals surface area contributed by atoms with E-state index < -0.39 is 0 Å². The molecule has 5 heteroatoms. The van der Waals surface area contributed by atoms with Crippen molar-refractivity contribution in [3.63, 3.8) is 0 Å². The van der Waals surface area contributed by atoms with Crippen molar-refractivity contribution in [1.82, 2.24) is 10.3 Å². The van der Waals surface area contributed by atoms with Crippen LogP contribution >= 0.6 is 0 Å². The van der Waals surface area contributed by atoms with Gasteiger partial charge in [0.2, 0.25) is 5.91 Å². The molecule has 2 aromatic rings. The molecule has 0 aliphatic rings. The predicted molar refractivity (Wildman–Crippen MR) is 79.7 cm³/mol. The minimum absolute atomic E-state index is 0.0528. The zero-order valence-corrected chi connectivity index (χ0v) is 11.7. The normalized spacial score (nSPS) is 12.1. The lowest BCUT2D eigenvalue weighted by atomic mass is 10.1. The largest absolute Gasteiger partial charge is 0.383 e. The van der Waals surface area contributed by atoms with Crippen LogP contribution in [0.5, 0.6) is 0 Å². The number of para-hydroxylation sites is 1. The fourth-order valence-corrected chi connectivity index (χ4v) is 1.95. The minimum Gasteiger partial charge on any atom is -0.383 e. The zero-order valence-electron chi connectivity index (χ0n) is 11.7. The molecule has 0 saturated heterocycles. The van der Waals surface area contributed by atoms with E-state index in [1.165, 1.54) is 0 Å². The molecule has 0 aliphatic heterocycles. The molecule has 106 valence electrons. The summed E-state index contributed by atoms with van der Waals surface area (Å²) in [6.07, 6.45) is 1.74. The number of ether oxygens (including phenoxy) is 1. The lowest BCUT2D eigenvalue weighted by Gasteiger charge is -2.16. The van der Waals surface area contributed by atoms with Crippen molar-refractivity contribution in [2.45, 2.75) is 13.0 Å². The monoisotopic (exact) mass is 273 g/mol. The molecule has 2 N–H and O–H groups in total. The van der Waals surface area contributed by atoms with Crippen molar-refractivity contribution < 1.29 is 9.53 Å². The highest BCUT2D eigenvalue weighted by Crippen LogP contribution is 2.21. The molecule has 1 aromatic heterocycles. The van der Waals surface area contributed by atoms with Gasteiger partial charge in [-0.05, 0) is 19.1 Å². The summed E-state index contributed by atoms with van der Waals surface area (Å²) in [7, 11) is 1.61. The van der Waals surface area contributed by atoms with Crippen molar-refractivity contribution in [2.75, 3.05) is 25.6 Å². The van der Waals surface area contributed by atoms with Gasteiger partial charge in [-0.25, -0.2) is 0 Å². The Labute approximate surface area is 118 Å². The summed E-state index contributed by atoms with van der Waals surface area (Å²) < 4.78 is 4.90. The van der Waals surface area contributed by atoms with Crippen molar-refractivity contribution in [3.8, 4) is 0 Å². The molecular weight excluding hydrogens is 254 g/mol. The first-order valence-electron chi connectivity index (χ1n) is 6.59. The van der Waals surface area contributed by atoms with Crippen LogP contribution in [-0.2, 0) is 9.53 Å². The van der Waals surface area contributed by atoms with E-state index in [4.69, 9.17) is 4.74 Å². The van der Waals surface area contributed by atoms with Gasteiger partial charge in [-0.3, -0.25) is 9.78 Å². The number of amides is 1. The molecule has 2 rings (SSSR count). The number of rotatable bonds is 6. The molecule has 20 heavy (non-hydrogen) atoms. The maximum atomic E-state index is 11.9. The molecule has 0 saturated carbocycles. The molecule has 0 fully saturated rings. The highest BCUT2D eigenvalue weighted by atomic mass is 16.5. The van der Waals surface area contributed by atoms with Gasteiger partial charge >= 0.3 is 0 Å². The quantitative estimate of drug-likeness (QED) is 0.788. The molecule has 0 aliphatic carbocycles. The van der Waals surface area contributed by atoms with Crippen LogP contribution < -0.4 is 10.6 Å². The summed E-state index contributed by atoms with van der Waals surface area (Å²) in [4.78, 5) is 16.2. The Balaban J connectivity index is 2.06. The third kappa shape index (κ3) is 3.45. The fourth-order valence-electron chi connectivity index (χ4n) is 1.95. The first-order chi connectivity index (χ1) is 9.72. The second-order valence-corrected chi connectivity index (χ2v) is 4.53. The van der Waals surface area contributed by atoms with Gasteiger partial charge in [0.15, 0.2) is 0 Å². The highest BCUT2D eigenvalue weighted by molar-refractivity contribution is 5.93. The van der Waals surface area contributed by atoms with E-state index >= 15 is 0 Å². The minimum atomic E-state index is -0.322. The van der Waals surface area contributed by atoms with E-state index in [0.717, 1.165) is 16.6 Å². The molecule has 0 bridgehead atoms. The summed E-state index contributed by atoms with van der Waals surface area (Å²) >= 11 is 0. The van der Waals surface area contributed by atoms with Gasteiger partial charge in [0.1, 0.15) is 6.04 Å². The number of carbonyl (C=O) groups is 1. The standard InChI is InChI=1S/C15H19N3O2/c1-11(15(19)17-9-10-20-2)18-14-7-8-16-13-6-4-3-5-12(13)14/h3-8,11H,9-10H2,1-2H3,(H,16,18)(H,17,19). The maximum Gasteiger partial charge on any atom is 0.242 e. The molecule has 1 amide bonds. The Kier molecular flexibility index (Phi) is 4.90. The van der Waals surface area contributed by atoms with E-state index in [1.54, 1.807) is 13.3 Å². The topological polar surface area (TPSA) is 63.2 Å². The van der Waals surface area contributed by atoms with Crippen LogP contribution in [-0.4, -0.2) is 37.2 Å². The van der Waals surface area contributed by atoms with Crippen molar-refractivity contribution in [3.05, 3.63) is 36.5 Å². The molecular formula is C15H19N3O2. The second-order valence-electron chi connectivity index (χ2n) is 4.53. The third-order valence-corrected chi connectivity index (χ3v) is 3.02. The average molecular weight is 273 g/mol. The van der Waals surface area contributed by atoms with E-state index in [-0.39, 0.29) is 11.9 Å². The molecule has 1 atom stereocenters. The highest BCUT2D eigenvalue weighted by Gasteiger charge is 2.13. The summed E-state index contributed by atoms with van der Waals surface area (Å²) in [5.41, 5.74) is 1.81. The number of fused-ring (bicyclic) bond motifs is 1. The van der Waals surface area contributed by atoms with Crippen LogP contribution in [0.25, 0.3) is 10.9 Å². The Morgan fingerprint density at radius 1 is 1.35 bits per heavy atom. The third-order valence-electron chi connectivity index (χ3n) is 3.02. The van der Waals surface area contributed by atoms with E-state index in [1.807, 2.05) is 37.3 Å². The number of methoxy groups -OCH3 is 1. The molecule has 1 heterocycles.